The lowest BCUT2D eigenvalue weighted by molar-refractivity contribution is -0.116. The second-order valence-corrected chi connectivity index (χ2v) is 6.25. The number of benzene rings is 1. The van der Waals surface area contributed by atoms with Gasteiger partial charge in [0.1, 0.15) is 6.04 Å². The molecule has 1 aliphatic carbocycles. The van der Waals surface area contributed by atoms with Crippen LogP contribution < -0.4 is 5.32 Å². The number of carbonyl (C=O) groups excluding carboxylic acids is 2. The Morgan fingerprint density at radius 2 is 2.12 bits per heavy atom. The Morgan fingerprint density at radius 1 is 1.32 bits per heavy atom. The molecule has 1 atom stereocenters. The number of Topliss-reactive ketones (excluding diaryl/α,β-unsaturated/α-hetero) is 1. The first-order chi connectivity index (χ1) is 12.1. The Hall–Kier alpha value is -2.96. The minimum atomic E-state index is -0.600. The SMILES string of the molecule is COC(=O)c1nc2n(n1)[C@H](c1ccccc1C)C1=C(CCCC1=O)N2. The van der Waals surface area contributed by atoms with Crippen molar-refractivity contribution in [2.45, 2.75) is 32.2 Å². The summed E-state index contributed by atoms with van der Waals surface area (Å²) in [5.74, 6) is -0.0442. The highest BCUT2D eigenvalue weighted by atomic mass is 16.5. The van der Waals surface area contributed by atoms with Gasteiger partial charge in [-0.2, -0.15) is 4.98 Å². The van der Waals surface area contributed by atoms with Crippen LogP contribution >= 0.6 is 0 Å². The maximum absolute atomic E-state index is 12.7. The molecule has 128 valence electrons. The third kappa shape index (κ3) is 2.43. The van der Waals surface area contributed by atoms with Crippen LogP contribution in [0.15, 0.2) is 35.5 Å². The van der Waals surface area contributed by atoms with E-state index >= 15 is 0 Å². The predicted molar refractivity (Wildman–Crippen MR) is 90.2 cm³/mol. The smallest absolute Gasteiger partial charge is 0.378 e. The fourth-order valence-electron chi connectivity index (χ4n) is 3.52. The third-order valence-electron chi connectivity index (χ3n) is 4.72. The van der Waals surface area contributed by atoms with Crippen LogP contribution in [-0.4, -0.2) is 33.6 Å². The standard InChI is InChI=1S/C18H18N4O3/c1-10-6-3-4-7-11(10)15-14-12(8-5-9-13(14)23)19-18-20-16(17(24)25-2)21-22(15)18/h3-4,6-7,15H,5,8-9H2,1-2H3,(H,19,20,21)/t15-/m1/s1. The number of fused-ring (bicyclic) bond motifs is 1. The van der Waals surface area contributed by atoms with E-state index in [1.54, 1.807) is 4.68 Å². The molecule has 0 saturated carbocycles. The summed E-state index contributed by atoms with van der Waals surface area (Å²) in [6.45, 7) is 2.00. The molecule has 1 aliphatic heterocycles. The number of methoxy groups -OCH3 is 1. The molecule has 0 radical (unpaired) electrons. The number of rotatable bonds is 2. The highest BCUT2D eigenvalue weighted by molar-refractivity contribution is 5.99. The van der Waals surface area contributed by atoms with Crippen molar-refractivity contribution in [1.82, 2.24) is 14.8 Å². The molecule has 0 saturated heterocycles. The molecule has 0 spiro atoms. The zero-order valence-electron chi connectivity index (χ0n) is 14.1. The lowest BCUT2D eigenvalue weighted by Crippen LogP contribution is -2.32. The molecule has 1 aromatic heterocycles. The molecule has 2 aromatic rings. The molecule has 0 unspecified atom stereocenters. The van der Waals surface area contributed by atoms with Crippen molar-refractivity contribution in [3.05, 3.63) is 52.5 Å². The number of allylic oxidation sites excluding steroid dienone is 2. The van der Waals surface area contributed by atoms with Gasteiger partial charge in [-0.1, -0.05) is 24.3 Å². The molecule has 0 fully saturated rings. The maximum atomic E-state index is 12.7. The number of aryl methyl sites for hydroxylation is 1. The van der Waals surface area contributed by atoms with E-state index in [0.717, 1.165) is 35.2 Å². The zero-order chi connectivity index (χ0) is 17.6. The summed E-state index contributed by atoms with van der Waals surface area (Å²) in [6.07, 6.45) is 2.11. The van der Waals surface area contributed by atoms with Crippen molar-refractivity contribution in [2.75, 3.05) is 12.4 Å². The van der Waals surface area contributed by atoms with Gasteiger partial charge in [0.15, 0.2) is 5.78 Å². The van der Waals surface area contributed by atoms with Crippen LogP contribution in [0.4, 0.5) is 5.95 Å². The van der Waals surface area contributed by atoms with E-state index in [-0.39, 0.29) is 17.6 Å². The van der Waals surface area contributed by atoms with Crippen LogP contribution in [0.2, 0.25) is 0 Å². The van der Waals surface area contributed by atoms with E-state index in [0.29, 0.717) is 12.4 Å². The van der Waals surface area contributed by atoms with E-state index in [9.17, 15) is 9.59 Å². The van der Waals surface area contributed by atoms with Crippen LogP contribution in [0.25, 0.3) is 0 Å². The number of ether oxygens (including phenoxy) is 1. The van der Waals surface area contributed by atoms with Gasteiger partial charge in [-0.15, -0.1) is 5.10 Å². The number of nitrogens with one attached hydrogen (secondary N) is 1. The summed E-state index contributed by atoms with van der Waals surface area (Å²) < 4.78 is 6.35. The average Bonchev–Trinajstić information content (AvgIpc) is 3.04. The van der Waals surface area contributed by atoms with Crippen LogP contribution in [-0.2, 0) is 9.53 Å². The van der Waals surface area contributed by atoms with Crippen molar-refractivity contribution >= 4 is 17.7 Å². The normalized spacial score (nSPS) is 19.1. The number of nitrogens with zero attached hydrogens (tertiary/aromatic N) is 3. The number of anilines is 1. The maximum Gasteiger partial charge on any atom is 0.378 e. The molecule has 7 heteroatoms. The van der Waals surface area contributed by atoms with Crippen LogP contribution in [0.5, 0.6) is 0 Å². The summed E-state index contributed by atoms with van der Waals surface area (Å²) in [7, 11) is 1.29. The van der Waals surface area contributed by atoms with Crippen LogP contribution in [0.3, 0.4) is 0 Å². The van der Waals surface area contributed by atoms with Crippen molar-refractivity contribution in [3.63, 3.8) is 0 Å². The van der Waals surface area contributed by atoms with E-state index in [4.69, 9.17) is 4.74 Å². The second-order valence-electron chi connectivity index (χ2n) is 6.25. The van der Waals surface area contributed by atoms with Gasteiger partial charge in [0, 0.05) is 17.7 Å². The van der Waals surface area contributed by atoms with Crippen molar-refractivity contribution < 1.29 is 14.3 Å². The Balaban J connectivity index is 1.93. The quantitative estimate of drug-likeness (QED) is 0.846. The monoisotopic (exact) mass is 338 g/mol. The zero-order valence-corrected chi connectivity index (χ0v) is 14.1. The molecule has 25 heavy (non-hydrogen) atoms. The van der Waals surface area contributed by atoms with E-state index in [1.165, 1.54) is 7.11 Å². The average molecular weight is 338 g/mol. The molecule has 0 bridgehead atoms. The highest BCUT2D eigenvalue weighted by Crippen LogP contribution is 2.40. The Bertz CT molecular complexity index is 913. The lowest BCUT2D eigenvalue weighted by atomic mass is 9.84. The first-order valence-electron chi connectivity index (χ1n) is 8.24. The molecule has 2 heterocycles. The number of hydrogen-bond acceptors (Lipinski definition) is 6. The third-order valence-corrected chi connectivity index (χ3v) is 4.72. The first kappa shape index (κ1) is 15.6. The molecule has 4 rings (SSSR count). The number of ketones is 1. The van der Waals surface area contributed by atoms with Crippen LogP contribution in [0, 0.1) is 6.92 Å². The minimum Gasteiger partial charge on any atom is -0.463 e. The van der Waals surface area contributed by atoms with E-state index in [1.807, 2.05) is 31.2 Å². The largest absolute Gasteiger partial charge is 0.463 e. The molecule has 0 amide bonds. The molecule has 7 nitrogen and oxygen atoms in total. The number of hydrogen-bond donors (Lipinski definition) is 1. The van der Waals surface area contributed by atoms with Crippen LogP contribution in [0.1, 0.15) is 47.1 Å². The highest BCUT2D eigenvalue weighted by Gasteiger charge is 2.37. The Kier molecular flexibility index (Phi) is 3.63. The van der Waals surface area contributed by atoms with Gasteiger partial charge in [-0.25, -0.2) is 9.48 Å². The summed E-state index contributed by atoms with van der Waals surface area (Å²) in [5.41, 5.74) is 3.63. The summed E-state index contributed by atoms with van der Waals surface area (Å²) in [5, 5.41) is 7.52. The Labute approximate surface area is 144 Å². The summed E-state index contributed by atoms with van der Waals surface area (Å²) in [4.78, 5) is 28.8. The summed E-state index contributed by atoms with van der Waals surface area (Å²) >= 11 is 0. The fraction of sp³-hybridized carbons (Fsp3) is 0.333. The minimum absolute atomic E-state index is 0.0177. The van der Waals surface area contributed by atoms with Gasteiger partial charge in [0.2, 0.25) is 5.95 Å². The fourth-order valence-corrected chi connectivity index (χ4v) is 3.52. The molecular formula is C18H18N4O3. The summed E-state index contributed by atoms with van der Waals surface area (Å²) in [6, 6.07) is 7.51. The van der Waals surface area contributed by atoms with Gasteiger partial charge in [-0.3, -0.25) is 4.79 Å². The van der Waals surface area contributed by atoms with Crippen molar-refractivity contribution in [2.24, 2.45) is 0 Å². The van der Waals surface area contributed by atoms with Gasteiger partial charge in [-0.05, 0) is 30.9 Å². The van der Waals surface area contributed by atoms with E-state index in [2.05, 4.69) is 15.4 Å². The van der Waals surface area contributed by atoms with Gasteiger partial charge in [0.25, 0.3) is 5.82 Å². The molecule has 1 aromatic carbocycles. The molecule has 2 aliphatic rings. The number of esters is 1. The van der Waals surface area contributed by atoms with Crippen molar-refractivity contribution in [1.29, 1.82) is 0 Å². The van der Waals surface area contributed by atoms with Gasteiger partial charge >= 0.3 is 5.97 Å². The first-order valence-corrected chi connectivity index (χ1v) is 8.24. The topological polar surface area (TPSA) is 86.1 Å². The lowest BCUT2D eigenvalue weighted by Gasteiger charge is -2.32. The molecular weight excluding hydrogens is 320 g/mol. The molecule has 1 N–H and O–H groups in total. The number of aromatic nitrogens is 3. The van der Waals surface area contributed by atoms with Gasteiger partial charge < -0.3 is 10.1 Å². The van der Waals surface area contributed by atoms with Crippen molar-refractivity contribution in [3.8, 4) is 0 Å². The van der Waals surface area contributed by atoms with E-state index < -0.39 is 5.97 Å². The van der Waals surface area contributed by atoms with Gasteiger partial charge in [0.05, 0.1) is 7.11 Å². The second kappa shape index (κ2) is 5.84. The number of carbonyl (C=O) groups is 2. The Morgan fingerprint density at radius 3 is 2.88 bits per heavy atom. The predicted octanol–water partition coefficient (Wildman–Crippen LogP) is 2.40.